The van der Waals surface area contributed by atoms with Gasteiger partial charge in [0.1, 0.15) is 33.8 Å². The zero-order valence-corrected chi connectivity index (χ0v) is 21.1. The highest BCUT2D eigenvalue weighted by Gasteiger charge is 2.45. The fourth-order valence-electron chi connectivity index (χ4n) is 4.90. The van der Waals surface area contributed by atoms with E-state index in [1.165, 1.54) is 12.0 Å². The maximum absolute atomic E-state index is 15.1. The van der Waals surface area contributed by atoms with E-state index in [9.17, 15) is 26.0 Å². The molecule has 38 heavy (non-hydrogen) atoms. The lowest BCUT2D eigenvalue weighted by atomic mass is 9.96. The Morgan fingerprint density at radius 1 is 1.05 bits per heavy atom. The Labute approximate surface area is 216 Å². The number of ether oxygens (including phenoxy) is 2. The van der Waals surface area contributed by atoms with Crippen LogP contribution >= 0.6 is 0 Å². The van der Waals surface area contributed by atoms with Crippen LogP contribution in [0.25, 0.3) is 11.1 Å². The van der Waals surface area contributed by atoms with Gasteiger partial charge in [0, 0.05) is 35.7 Å². The van der Waals surface area contributed by atoms with E-state index in [1.807, 2.05) is 0 Å². The number of fused-ring (bicyclic) bond motifs is 3. The maximum Gasteiger partial charge on any atom is 0.417 e. The first kappa shape index (κ1) is 26.4. The van der Waals surface area contributed by atoms with Crippen LogP contribution in [-0.4, -0.2) is 32.0 Å². The molecule has 202 valence electrons. The average Bonchev–Trinajstić information content (AvgIpc) is 3.50. The van der Waals surface area contributed by atoms with E-state index in [1.54, 1.807) is 12.3 Å². The third-order valence-corrected chi connectivity index (χ3v) is 7.84. The summed E-state index contributed by atoms with van der Waals surface area (Å²) < 4.78 is 105. The molecule has 0 amide bonds. The molecule has 1 saturated carbocycles. The molecule has 11 heteroatoms. The molecule has 2 atom stereocenters. The Morgan fingerprint density at radius 2 is 1.84 bits per heavy atom. The summed E-state index contributed by atoms with van der Waals surface area (Å²) in [5, 5.41) is 0. The van der Waals surface area contributed by atoms with Gasteiger partial charge in [-0.15, -0.1) is 0 Å². The fourth-order valence-corrected chi connectivity index (χ4v) is 5.54. The third-order valence-electron chi connectivity index (χ3n) is 6.81. The standard InChI is InChI=1S/C27H24F5NO4S/c1-38(34,35)6-2-5-36-19-11-22(27(30,31)32)26(24(29)12-19)15-3-4-23(28)18(7-15)14-37-25-10-17-8-16-9-20(16)21(17)13-33-25/h3-4,7,10-13,16,20H,2,5-6,8-9,14H2,1H3. The minimum absolute atomic E-state index is 0.0329. The number of halogens is 5. The monoisotopic (exact) mass is 553 g/mol. The summed E-state index contributed by atoms with van der Waals surface area (Å²) in [6, 6.07) is 6.41. The molecule has 5 nitrogen and oxygen atoms in total. The van der Waals surface area contributed by atoms with Crippen LogP contribution in [0, 0.1) is 17.6 Å². The van der Waals surface area contributed by atoms with Crippen molar-refractivity contribution in [2.45, 2.75) is 38.0 Å². The van der Waals surface area contributed by atoms with E-state index in [0.717, 1.165) is 42.5 Å². The predicted molar refractivity (Wildman–Crippen MR) is 130 cm³/mol. The second-order valence-electron chi connectivity index (χ2n) is 9.78. The molecular formula is C27H24F5NO4S. The van der Waals surface area contributed by atoms with Crippen LogP contribution in [0.3, 0.4) is 0 Å². The SMILES string of the molecule is CS(=O)(=O)CCCOc1cc(F)c(-c2ccc(F)c(COc3cc4c(cn3)C3CC3C4)c2)c(C(F)(F)F)c1. The van der Waals surface area contributed by atoms with Crippen molar-refractivity contribution in [3.63, 3.8) is 0 Å². The Morgan fingerprint density at radius 3 is 2.58 bits per heavy atom. The lowest BCUT2D eigenvalue weighted by Crippen LogP contribution is -2.11. The van der Waals surface area contributed by atoms with Crippen LogP contribution in [0.15, 0.2) is 42.6 Å². The number of benzene rings is 2. The van der Waals surface area contributed by atoms with E-state index in [2.05, 4.69) is 4.98 Å². The highest BCUT2D eigenvalue weighted by molar-refractivity contribution is 7.90. The molecule has 0 N–H and O–H groups in total. The average molecular weight is 554 g/mol. The van der Waals surface area contributed by atoms with E-state index < -0.39 is 44.5 Å². The van der Waals surface area contributed by atoms with Crippen molar-refractivity contribution in [3.05, 3.63) is 76.5 Å². The van der Waals surface area contributed by atoms with E-state index in [0.29, 0.717) is 17.9 Å². The number of hydrogen-bond acceptors (Lipinski definition) is 5. The molecule has 0 spiro atoms. The number of nitrogens with zero attached hydrogens (tertiary/aromatic N) is 1. The fraction of sp³-hybridized carbons (Fsp3) is 0.370. The van der Waals surface area contributed by atoms with E-state index in [-0.39, 0.29) is 42.4 Å². The van der Waals surface area contributed by atoms with Gasteiger partial charge in [-0.2, -0.15) is 13.2 Å². The van der Waals surface area contributed by atoms with Gasteiger partial charge in [-0.3, -0.25) is 0 Å². The van der Waals surface area contributed by atoms with Gasteiger partial charge in [0.25, 0.3) is 0 Å². The van der Waals surface area contributed by atoms with Gasteiger partial charge in [-0.1, -0.05) is 6.07 Å². The zero-order valence-electron chi connectivity index (χ0n) is 20.3. The summed E-state index contributed by atoms with van der Waals surface area (Å²) in [6.45, 7) is -0.512. The van der Waals surface area contributed by atoms with Gasteiger partial charge < -0.3 is 9.47 Å². The van der Waals surface area contributed by atoms with Gasteiger partial charge in [0.2, 0.25) is 5.88 Å². The zero-order chi connectivity index (χ0) is 27.2. The van der Waals surface area contributed by atoms with Gasteiger partial charge in [-0.05, 0) is 66.0 Å². The van der Waals surface area contributed by atoms with Crippen molar-refractivity contribution < 1.29 is 39.8 Å². The van der Waals surface area contributed by atoms with Gasteiger partial charge in [0.05, 0.1) is 17.9 Å². The molecule has 1 aromatic heterocycles. The lowest BCUT2D eigenvalue weighted by Gasteiger charge is -2.17. The predicted octanol–water partition coefficient (Wildman–Crippen LogP) is 6.10. The van der Waals surface area contributed by atoms with Crippen molar-refractivity contribution in [1.82, 2.24) is 4.98 Å². The summed E-state index contributed by atoms with van der Waals surface area (Å²) in [5.41, 5.74) is 0.0567. The van der Waals surface area contributed by atoms with Crippen LogP contribution in [0.4, 0.5) is 22.0 Å². The molecule has 0 aliphatic heterocycles. The molecule has 2 aliphatic carbocycles. The Hall–Kier alpha value is -3.21. The summed E-state index contributed by atoms with van der Waals surface area (Å²) in [4.78, 5) is 4.27. The Balaban J connectivity index is 1.37. The summed E-state index contributed by atoms with van der Waals surface area (Å²) in [5.74, 6) is -1.04. The highest BCUT2D eigenvalue weighted by Crippen LogP contribution is 2.56. The van der Waals surface area contributed by atoms with Crippen LogP contribution in [-0.2, 0) is 29.0 Å². The van der Waals surface area contributed by atoms with Crippen LogP contribution < -0.4 is 9.47 Å². The number of pyridine rings is 1. The quantitative estimate of drug-likeness (QED) is 0.237. The Kier molecular flexibility index (Phi) is 6.83. The number of rotatable bonds is 9. The smallest absolute Gasteiger partial charge is 0.417 e. The minimum Gasteiger partial charge on any atom is -0.493 e. The topological polar surface area (TPSA) is 65.5 Å². The molecular weight excluding hydrogens is 529 g/mol. The Bertz CT molecular complexity index is 1490. The van der Waals surface area contributed by atoms with Gasteiger partial charge >= 0.3 is 6.18 Å². The van der Waals surface area contributed by atoms with Crippen molar-refractivity contribution in [3.8, 4) is 22.8 Å². The molecule has 0 bridgehead atoms. The van der Waals surface area contributed by atoms with E-state index in [4.69, 9.17) is 9.47 Å². The van der Waals surface area contributed by atoms with E-state index >= 15 is 4.39 Å². The minimum atomic E-state index is -4.94. The molecule has 5 rings (SSSR count). The van der Waals surface area contributed by atoms with Crippen molar-refractivity contribution in [2.24, 2.45) is 5.92 Å². The normalized spacial score (nSPS) is 18.2. The summed E-state index contributed by atoms with van der Waals surface area (Å²) in [7, 11) is -3.27. The molecule has 2 aromatic carbocycles. The van der Waals surface area contributed by atoms with Crippen molar-refractivity contribution in [1.29, 1.82) is 0 Å². The van der Waals surface area contributed by atoms with Gasteiger partial charge in [0.15, 0.2) is 0 Å². The maximum atomic E-state index is 15.1. The molecule has 2 unspecified atom stereocenters. The first-order valence-electron chi connectivity index (χ1n) is 12.0. The van der Waals surface area contributed by atoms with Crippen molar-refractivity contribution in [2.75, 3.05) is 18.6 Å². The summed E-state index contributed by atoms with van der Waals surface area (Å²) >= 11 is 0. The molecule has 1 fully saturated rings. The second-order valence-corrected chi connectivity index (χ2v) is 12.0. The molecule has 0 saturated heterocycles. The lowest BCUT2D eigenvalue weighted by molar-refractivity contribution is -0.137. The first-order valence-corrected chi connectivity index (χ1v) is 14.1. The largest absolute Gasteiger partial charge is 0.493 e. The molecule has 0 radical (unpaired) electrons. The molecule has 3 aromatic rings. The number of alkyl halides is 3. The number of hydrogen-bond donors (Lipinski definition) is 0. The highest BCUT2D eigenvalue weighted by atomic mass is 32.2. The summed E-state index contributed by atoms with van der Waals surface area (Å²) in [6.07, 6.45) is -0.0207. The molecule has 1 heterocycles. The van der Waals surface area contributed by atoms with Crippen LogP contribution in [0.5, 0.6) is 11.6 Å². The number of aromatic nitrogens is 1. The van der Waals surface area contributed by atoms with Crippen molar-refractivity contribution >= 4 is 9.84 Å². The van der Waals surface area contributed by atoms with Crippen LogP contribution in [0.2, 0.25) is 0 Å². The molecule has 2 aliphatic rings. The first-order chi connectivity index (χ1) is 17.9. The van der Waals surface area contributed by atoms with Crippen LogP contribution in [0.1, 0.15) is 41.0 Å². The third kappa shape index (κ3) is 5.77. The van der Waals surface area contributed by atoms with Gasteiger partial charge in [-0.25, -0.2) is 22.2 Å². The number of sulfone groups is 1. The second kappa shape index (κ2) is 9.83.